The van der Waals surface area contributed by atoms with Gasteiger partial charge in [0.05, 0.1) is 15.4 Å². The Morgan fingerprint density at radius 3 is 2.29 bits per heavy atom. The number of amides is 1. The molecule has 3 aromatic rings. The number of nitrogens with two attached hydrogens (primary N) is 1. The van der Waals surface area contributed by atoms with Crippen LogP contribution < -0.4 is 5.73 Å². The van der Waals surface area contributed by atoms with Gasteiger partial charge in [-0.15, -0.1) is 0 Å². The van der Waals surface area contributed by atoms with Crippen LogP contribution in [0.3, 0.4) is 0 Å². The summed E-state index contributed by atoms with van der Waals surface area (Å²) in [6.07, 6.45) is 3.65. The van der Waals surface area contributed by atoms with Crippen molar-refractivity contribution < 1.29 is 17.6 Å². The van der Waals surface area contributed by atoms with E-state index in [1.165, 1.54) is 30.3 Å². The molecule has 142 valence electrons. The topological polar surface area (TPSA) is 77.2 Å². The van der Waals surface area contributed by atoms with Crippen molar-refractivity contribution >= 4 is 27.9 Å². The Kier molecular flexibility index (Phi) is 5.42. The van der Waals surface area contributed by atoms with E-state index in [-0.39, 0.29) is 21.2 Å². The molecule has 0 atom stereocenters. The number of sulfone groups is 1. The van der Waals surface area contributed by atoms with Crippen LogP contribution in [0.1, 0.15) is 27.0 Å². The molecule has 4 nitrogen and oxygen atoms in total. The van der Waals surface area contributed by atoms with Gasteiger partial charge in [0.2, 0.25) is 15.7 Å². The van der Waals surface area contributed by atoms with Crippen molar-refractivity contribution in [1.29, 1.82) is 0 Å². The highest BCUT2D eigenvalue weighted by Gasteiger charge is 2.23. The van der Waals surface area contributed by atoms with Gasteiger partial charge in [0.1, 0.15) is 5.82 Å². The zero-order chi connectivity index (χ0) is 20.3. The highest BCUT2D eigenvalue weighted by molar-refractivity contribution is 7.91. The lowest BCUT2D eigenvalue weighted by Gasteiger charge is -2.10. The maximum atomic E-state index is 13.0. The van der Waals surface area contributed by atoms with Crippen LogP contribution in [-0.2, 0) is 9.84 Å². The van der Waals surface area contributed by atoms with Gasteiger partial charge in [-0.2, -0.15) is 0 Å². The van der Waals surface area contributed by atoms with E-state index >= 15 is 0 Å². The number of halogens is 1. The number of rotatable bonds is 5. The number of benzene rings is 3. The predicted molar refractivity (Wildman–Crippen MR) is 107 cm³/mol. The normalized spacial score (nSPS) is 11.6. The summed E-state index contributed by atoms with van der Waals surface area (Å²) in [4.78, 5) is 11.6. The minimum absolute atomic E-state index is 0.0413. The second-order valence-electron chi connectivity index (χ2n) is 6.27. The van der Waals surface area contributed by atoms with Crippen molar-refractivity contribution in [2.45, 2.75) is 16.7 Å². The van der Waals surface area contributed by atoms with Crippen LogP contribution in [0.5, 0.6) is 0 Å². The van der Waals surface area contributed by atoms with E-state index in [0.717, 1.165) is 16.7 Å². The molecule has 0 radical (unpaired) electrons. The molecule has 1 amide bonds. The fourth-order valence-corrected chi connectivity index (χ4v) is 4.34. The molecule has 3 rings (SSSR count). The van der Waals surface area contributed by atoms with Crippen LogP contribution in [0.4, 0.5) is 4.39 Å². The molecule has 0 aliphatic rings. The molecular formula is C22H18FNO3S. The first-order valence-corrected chi connectivity index (χ1v) is 9.95. The highest BCUT2D eigenvalue weighted by atomic mass is 32.2. The van der Waals surface area contributed by atoms with Gasteiger partial charge >= 0.3 is 0 Å². The van der Waals surface area contributed by atoms with E-state index < -0.39 is 15.7 Å². The molecule has 28 heavy (non-hydrogen) atoms. The van der Waals surface area contributed by atoms with Gasteiger partial charge in [0.15, 0.2) is 0 Å². The van der Waals surface area contributed by atoms with E-state index in [1.807, 2.05) is 12.2 Å². The number of carbonyl (C=O) groups excluding carboxylic acids is 1. The number of hydrogen-bond donors (Lipinski definition) is 1. The molecule has 0 bridgehead atoms. The fraction of sp³-hybridized carbons (Fsp3) is 0.0455. The maximum Gasteiger partial charge on any atom is 0.250 e. The third-order valence-electron chi connectivity index (χ3n) is 4.32. The second kappa shape index (κ2) is 7.78. The van der Waals surface area contributed by atoms with Gasteiger partial charge in [0, 0.05) is 0 Å². The van der Waals surface area contributed by atoms with E-state index in [2.05, 4.69) is 0 Å². The van der Waals surface area contributed by atoms with Crippen LogP contribution in [0.25, 0.3) is 12.2 Å². The van der Waals surface area contributed by atoms with E-state index in [1.54, 1.807) is 43.3 Å². The van der Waals surface area contributed by atoms with Crippen LogP contribution in [0.15, 0.2) is 76.5 Å². The first-order chi connectivity index (χ1) is 13.3. The molecule has 0 spiro atoms. The summed E-state index contributed by atoms with van der Waals surface area (Å²) in [6.45, 7) is 1.79. The first-order valence-electron chi connectivity index (χ1n) is 8.47. The lowest BCUT2D eigenvalue weighted by atomic mass is 10.1. The summed E-state index contributed by atoms with van der Waals surface area (Å²) in [5.74, 6) is -1.10. The Hall–Kier alpha value is -3.25. The summed E-state index contributed by atoms with van der Waals surface area (Å²) in [5.41, 5.74) is 7.67. The zero-order valence-electron chi connectivity index (χ0n) is 15.1. The van der Waals surface area contributed by atoms with Gasteiger partial charge in [-0.25, -0.2) is 12.8 Å². The van der Waals surface area contributed by atoms with Gasteiger partial charge in [-0.05, 0) is 60.0 Å². The molecule has 0 unspecified atom stereocenters. The van der Waals surface area contributed by atoms with Crippen LogP contribution in [0.2, 0.25) is 0 Å². The van der Waals surface area contributed by atoms with Crippen molar-refractivity contribution in [2.75, 3.05) is 0 Å². The molecule has 3 aromatic carbocycles. The number of primary amides is 1. The molecule has 0 heterocycles. The Balaban J connectivity index is 1.96. The third kappa shape index (κ3) is 4.02. The van der Waals surface area contributed by atoms with Crippen LogP contribution >= 0.6 is 0 Å². The Labute approximate surface area is 163 Å². The second-order valence-corrected chi connectivity index (χ2v) is 8.19. The molecule has 0 fully saturated rings. The third-order valence-corrected chi connectivity index (χ3v) is 6.13. The number of aryl methyl sites for hydroxylation is 1. The van der Waals surface area contributed by atoms with Gasteiger partial charge in [-0.3, -0.25) is 4.79 Å². The molecular weight excluding hydrogens is 377 g/mol. The average molecular weight is 395 g/mol. The van der Waals surface area contributed by atoms with E-state index in [9.17, 15) is 17.6 Å². The SMILES string of the molecule is Cc1cc(S(=O)(=O)c2ccccc2C(N)=O)ccc1C=Cc1ccc(F)cc1. The lowest BCUT2D eigenvalue weighted by molar-refractivity contribution is 0.0997. The summed E-state index contributed by atoms with van der Waals surface area (Å²) in [6, 6.07) is 16.7. The predicted octanol–water partition coefficient (Wildman–Crippen LogP) is 4.24. The van der Waals surface area contributed by atoms with Crippen LogP contribution in [0, 0.1) is 12.7 Å². The molecule has 0 aliphatic carbocycles. The number of carbonyl (C=O) groups is 1. The molecule has 0 saturated heterocycles. The van der Waals surface area contributed by atoms with Gasteiger partial charge in [0.25, 0.3) is 0 Å². The Bertz CT molecular complexity index is 1170. The highest BCUT2D eigenvalue weighted by Crippen LogP contribution is 2.26. The summed E-state index contributed by atoms with van der Waals surface area (Å²) < 4.78 is 38.9. The number of hydrogen-bond acceptors (Lipinski definition) is 3. The molecule has 6 heteroatoms. The minimum atomic E-state index is -3.89. The largest absolute Gasteiger partial charge is 0.366 e. The van der Waals surface area contributed by atoms with Crippen molar-refractivity contribution in [1.82, 2.24) is 0 Å². The Morgan fingerprint density at radius 2 is 1.64 bits per heavy atom. The van der Waals surface area contributed by atoms with Crippen molar-refractivity contribution in [2.24, 2.45) is 5.73 Å². The quantitative estimate of drug-likeness (QED) is 0.657. The van der Waals surface area contributed by atoms with Crippen LogP contribution in [-0.4, -0.2) is 14.3 Å². The summed E-state index contributed by atoms with van der Waals surface area (Å²) in [7, 11) is -3.89. The van der Waals surface area contributed by atoms with E-state index in [4.69, 9.17) is 5.73 Å². The summed E-state index contributed by atoms with van der Waals surface area (Å²) in [5, 5.41) is 0. The molecule has 0 aliphatic heterocycles. The van der Waals surface area contributed by atoms with Gasteiger partial charge in [-0.1, -0.05) is 42.5 Å². The van der Waals surface area contributed by atoms with Crippen molar-refractivity contribution in [3.63, 3.8) is 0 Å². The lowest BCUT2D eigenvalue weighted by Crippen LogP contribution is -2.16. The first kappa shape index (κ1) is 19.5. The van der Waals surface area contributed by atoms with E-state index in [0.29, 0.717) is 0 Å². The standard InChI is InChI=1S/C22H18FNO3S/c1-15-14-19(28(26,27)21-5-3-2-4-20(21)22(24)25)13-10-17(15)9-6-16-7-11-18(23)12-8-16/h2-14H,1H3,(H2,24,25). The molecule has 2 N–H and O–H groups in total. The van der Waals surface area contributed by atoms with Crippen molar-refractivity contribution in [3.05, 3.63) is 94.8 Å². The molecule has 0 saturated carbocycles. The monoisotopic (exact) mass is 395 g/mol. The summed E-state index contributed by atoms with van der Waals surface area (Å²) >= 11 is 0. The average Bonchev–Trinajstić information content (AvgIpc) is 2.68. The van der Waals surface area contributed by atoms with Crippen molar-refractivity contribution in [3.8, 4) is 0 Å². The molecule has 0 aromatic heterocycles. The smallest absolute Gasteiger partial charge is 0.250 e. The fourth-order valence-electron chi connectivity index (χ4n) is 2.79. The Morgan fingerprint density at radius 1 is 0.964 bits per heavy atom. The minimum Gasteiger partial charge on any atom is -0.366 e. The van der Waals surface area contributed by atoms with Gasteiger partial charge < -0.3 is 5.73 Å². The maximum absolute atomic E-state index is 13.0. The zero-order valence-corrected chi connectivity index (χ0v) is 15.9.